The van der Waals surface area contributed by atoms with Crippen molar-refractivity contribution in [2.24, 2.45) is 17.8 Å². The summed E-state index contributed by atoms with van der Waals surface area (Å²) in [6.45, 7) is 5.05. The molecule has 1 fully saturated rings. The first-order valence-electron chi connectivity index (χ1n) is 4.83. The Bertz CT molecular complexity index is 101. The van der Waals surface area contributed by atoms with Crippen molar-refractivity contribution in [1.82, 2.24) is 0 Å². The molecule has 2 unspecified atom stereocenters. The maximum absolute atomic E-state index is 8.79. The number of aliphatic hydroxyl groups is 1. The van der Waals surface area contributed by atoms with Crippen molar-refractivity contribution >= 4 is 0 Å². The van der Waals surface area contributed by atoms with E-state index in [1.165, 1.54) is 19.3 Å². The minimum Gasteiger partial charge on any atom is -0.396 e. The molecular formula is C10H20O. The van der Waals surface area contributed by atoms with Crippen molar-refractivity contribution in [1.29, 1.82) is 0 Å². The maximum Gasteiger partial charge on any atom is 0.0433 e. The number of rotatable bonds is 2. The van der Waals surface area contributed by atoms with E-state index in [2.05, 4.69) is 13.8 Å². The lowest BCUT2D eigenvalue weighted by molar-refractivity contribution is 0.173. The lowest BCUT2D eigenvalue weighted by Crippen LogP contribution is -2.20. The number of aliphatic hydroxyl groups excluding tert-OH is 1. The molecule has 0 bridgehead atoms. The van der Waals surface area contributed by atoms with Gasteiger partial charge in [0.15, 0.2) is 0 Å². The molecule has 11 heavy (non-hydrogen) atoms. The van der Waals surface area contributed by atoms with E-state index in [1.807, 2.05) is 0 Å². The van der Waals surface area contributed by atoms with E-state index in [0.29, 0.717) is 6.61 Å². The summed E-state index contributed by atoms with van der Waals surface area (Å²) < 4.78 is 0. The minimum absolute atomic E-state index is 0.379. The highest BCUT2D eigenvalue weighted by Gasteiger charge is 2.22. The molecule has 0 spiro atoms. The van der Waals surface area contributed by atoms with E-state index < -0.39 is 0 Å². The van der Waals surface area contributed by atoms with E-state index in [0.717, 1.165) is 24.2 Å². The molecule has 1 aliphatic carbocycles. The average molecular weight is 156 g/mol. The van der Waals surface area contributed by atoms with Crippen LogP contribution in [0.2, 0.25) is 0 Å². The molecule has 1 aliphatic rings. The molecule has 66 valence electrons. The topological polar surface area (TPSA) is 20.2 Å². The molecule has 0 aromatic heterocycles. The van der Waals surface area contributed by atoms with Crippen molar-refractivity contribution in [3.8, 4) is 0 Å². The molecule has 0 saturated heterocycles. The SMILES string of the molecule is CC1CC(C)CC(CCO)C1. The van der Waals surface area contributed by atoms with Crippen molar-refractivity contribution < 1.29 is 5.11 Å². The van der Waals surface area contributed by atoms with E-state index >= 15 is 0 Å². The van der Waals surface area contributed by atoms with Crippen LogP contribution in [0.25, 0.3) is 0 Å². The predicted molar refractivity (Wildman–Crippen MR) is 47.4 cm³/mol. The molecule has 1 N–H and O–H groups in total. The monoisotopic (exact) mass is 156 g/mol. The molecule has 0 aromatic rings. The minimum atomic E-state index is 0.379. The predicted octanol–water partition coefficient (Wildman–Crippen LogP) is 2.44. The second-order valence-corrected chi connectivity index (χ2v) is 4.30. The van der Waals surface area contributed by atoms with Gasteiger partial charge < -0.3 is 5.11 Å². The zero-order valence-corrected chi connectivity index (χ0v) is 7.71. The van der Waals surface area contributed by atoms with E-state index in [9.17, 15) is 0 Å². The van der Waals surface area contributed by atoms with Crippen LogP contribution in [0.3, 0.4) is 0 Å². The first-order valence-corrected chi connectivity index (χ1v) is 4.83. The van der Waals surface area contributed by atoms with E-state index in [4.69, 9.17) is 5.11 Å². The highest BCUT2D eigenvalue weighted by molar-refractivity contribution is 4.74. The van der Waals surface area contributed by atoms with Crippen LogP contribution in [0, 0.1) is 17.8 Å². The largest absolute Gasteiger partial charge is 0.396 e. The Balaban J connectivity index is 2.30. The molecule has 0 aromatic carbocycles. The summed E-state index contributed by atoms with van der Waals surface area (Å²) in [6, 6.07) is 0. The zero-order valence-electron chi connectivity index (χ0n) is 7.71. The maximum atomic E-state index is 8.79. The fraction of sp³-hybridized carbons (Fsp3) is 1.00. The van der Waals surface area contributed by atoms with Gasteiger partial charge in [0.2, 0.25) is 0 Å². The van der Waals surface area contributed by atoms with Crippen LogP contribution in [-0.4, -0.2) is 11.7 Å². The van der Waals surface area contributed by atoms with Crippen LogP contribution < -0.4 is 0 Å². The van der Waals surface area contributed by atoms with Gasteiger partial charge in [-0.25, -0.2) is 0 Å². The van der Waals surface area contributed by atoms with Gasteiger partial charge >= 0.3 is 0 Å². The lowest BCUT2D eigenvalue weighted by Gasteiger charge is -2.30. The van der Waals surface area contributed by atoms with Gasteiger partial charge in [0.25, 0.3) is 0 Å². The van der Waals surface area contributed by atoms with Crippen molar-refractivity contribution in [3.05, 3.63) is 0 Å². The van der Waals surface area contributed by atoms with E-state index in [1.54, 1.807) is 0 Å². The van der Waals surface area contributed by atoms with Gasteiger partial charge in [-0.1, -0.05) is 13.8 Å². The van der Waals surface area contributed by atoms with Gasteiger partial charge in [-0.15, -0.1) is 0 Å². The lowest BCUT2D eigenvalue weighted by atomic mass is 9.76. The highest BCUT2D eigenvalue weighted by atomic mass is 16.3. The van der Waals surface area contributed by atoms with Crippen molar-refractivity contribution in [3.63, 3.8) is 0 Å². The third-order valence-corrected chi connectivity index (χ3v) is 2.81. The molecule has 0 amide bonds. The van der Waals surface area contributed by atoms with Crippen LogP contribution in [-0.2, 0) is 0 Å². The summed E-state index contributed by atoms with van der Waals surface area (Å²) in [5, 5.41) is 8.79. The van der Waals surface area contributed by atoms with Gasteiger partial charge in [-0.2, -0.15) is 0 Å². The fourth-order valence-electron chi connectivity index (χ4n) is 2.53. The molecule has 1 heteroatoms. The Labute approximate surface area is 69.8 Å². The third-order valence-electron chi connectivity index (χ3n) is 2.81. The van der Waals surface area contributed by atoms with Gasteiger partial charge in [0, 0.05) is 6.61 Å². The molecule has 1 rings (SSSR count). The van der Waals surface area contributed by atoms with Gasteiger partial charge in [0.1, 0.15) is 0 Å². The smallest absolute Gasteiger partial charge is 0.0433 e. The first kappa shape index (κ1) is 9.05. The quantitative estimate of drug-likeness (QED) is 0.651. The zero-order chi connectivity index (χ0) is 8.27. The summed E-state index contributed by atoms with van der Waals surface area (Å²) in [7, 11) is 0. The molecule has 2 atom stereocenters. The summed E-state index contributed by atoms with van der Waals surface area (Å²) in [5.74, 6) is 2.57. The second-order valence-electron chi connectivity index (χ2n) is 4.30. The Hall–Kier alpha value is -0.0400. The summed E-state index contributed by atoms with van der Waals surface area (Å²) in [4.78, 5) is 0. The van der Waals surface area contributed by atoms with Crippen LogP contribution in [0.4, 0.5) is 0 Å². The first-order chi connectivity index (χ1) is 5.22. The van der Waals surface area contributed by atoms with Gasteiger partial charge in [-0.05, 0) is 43.4 Å². The number of hydrogen-bond donors (Lipinski definition) is 1. The molecule has 0 radical (unpaired) electrons. The van der Waals surface area contributed by atoms with Crippen LogP contribution in [0.5, 0.6) is 0 Å². The third kappa shape index (κ3) is 2.82. The Morgan fingerprint density at radius 1 is 1.09 bits per heavy atom. The van der Waals surface area contributed by atoms with Crippen molar-refractivity contribution in [2.75, 3.05) is 6.61 Å². The Morgan fingerprint density at radius 2 is 1.64 bits per heavy atom. The summed E-state index contributed by atoms with van der Waals surface area (Å²) in [5.41, 5.74) is 0. The molecular weight excluding hydrogens is 136 g/mol. The standard InChI is InChI=1S/C10H20O/c1-8-5-9(2)7-10(6-8)3-4-11/h8-11H,3-7H2,1-2H3. The second kappa shape index (κ2) is 4.10. The molecule has 0 heterocycles. The van der Waals surface area contributed by atoms with Crippen LogP contribution in [0.15, 0.2) is 0 Å². The number of hydrogen-bond acceptors (Lipinski definition) is 1. The average Bonchev–Trinajstić information content (AvgIpc) is 1.85. The fourth-order valence-corrected chi connectivity index (χ4v) is 2.53. The molecule has 0 aliphatic heterocycles. The van der Waals surface area contributed by atoms with Crippen molar-refractivity contribution in [2.45, 2.75) is 39.5 Å². The summed E-state index contributed by atoms with van der Waals surface area (Å²) in [6.07, 6.45) is 5.09. The van der Waals surface area contributed by atoms with E-state index in [-0.39, 0.29) is 0 Å². The van der Waals surface area contributed by atoms with Gasteiger partial charge in [0.05, 0.1) is 0 Å². The van der Waals surface area contributed by atoms with Crippen LogP contribution >= 0.6 is 0 Å². The molecule has 1 saturated carbocycles. The normalized spacial score (nSPS) is 39.0. The Morgan fingerprint density at radius 3 is 2.09 bits per heavy atom. The van der Waals surface area contributed by atoms with Gasteiger partial charge in [-0.3, -0.25) is 0 Å². The molecule has 1 nitrogen and oxygen atoms in total. The van der Waals surface area contributed by atoms with Crippen LogP contribution in [0.1, 0.15) is 39.5 Å². The Kier molecular flexibility index (Phi) is 3.38. The summed E-state index contributed by atoms with van der Waals surface area (Å²) >= 11 is 0. The highest BCUT2D eigenvalue weighted by Crippen LogP contribution is 2.34.